The maximum atomic E-state index is 10.7. The Morgan fingerprint density at radius 2 is 2.08 bits per heavy atom. The Kier molecular flexibility index (Phi) is 5.88. The lowest BCUT2D eigenvalue weighted by molar-refractivity contribution is 0.574. The first kappa shape index (κ1) is 12.2. The van der Waals surface area contributed by atoms with E-state index in [0.29, 0.717) is 18.8 Å². The van der Waals surface area contributed by atoms with Crippen LogP contribution >= 0.6 is 11.6 Å². The summed E-state index contributed by atoms with van der Waals surface area (Å²) in [6, 6.07) is 0.256. The van der Waals surface area contributed by atoms with Gasteiger partial charge >= 0.3 is 0 Å². The van der Waals surface area contributed by atoms with E-state index >= 15 is 0 Å². The van der Waals surface area contributed by atoms with Crippen molar-refractivity contribution in [1.82, 2.24) is 5.32 Å². The largest absolute Gasteiger partial charge is 0.313 e. The van der Waals surface area contributed by atoms with E-state index in [-0.39, 0.29) is 11.8 Å². The quantitative estimate of drug-likeness (QED) is 0.520. The van der Waals surface area contributed by atoms with Crippen LogP contribution in [0.15, 0.2) is 0 Å². The fraction of sp³-hybridized carbons (Fsp3) is 1.00. The summed E-state index contributed by atoms with van der Waals surface area (Å²) in [7, 11) is -2.80. The average molecular weight is 214 g/mol. The molecule has 5 heteroatoms. The lowest BCUT2D eigenvalue weighted by atomic mass is 10.3. The molecule has 0 amide bonds. The van der Waals surface area contributed by atoms with E-state index in [1.165, 1.54) is 6.26 Å². The van der Waals surface area contributed by atoms with Gasteiger partial charge in [-0.2, -0.15) is 0 Å². The fourth-order valence-corrected chi connectivity index (χ4v) is 1.52. The van der Waals surface area contributed by atoms with Gasteiger partial charge in [0.15, 0.2) is 0 Å². The molecule has 0 heterocycles. The van der Waals surface area contributed by atoms with Crippen LogP contribution in [-0.2, 0) is 9.84 Å². The third-order valence-electron chi connectivity index (χ3n) is 1.42. The predicted octanol–water partition coefficient (Wildman–Crippen LogP) is 0.638. The second-order valence-corrected chi connectivity index (χ2v) is 5.56. The molecule has 1 atom stereocenters. The third-order valence-corrected chi connectivity index (χ3v) is 2.91. The Balaban J connectivity index is 3.34. The zero-order chi connectivity index (χ0) is 9.61. The molecule has 3 nitrogen and oxygen atoms in total. The van der Waals surface area contributed by atoms with Crippen molar-refractivity contribution < 1.29 is 8.42 Å². The predicted molar refractivity (Wildman–Crippen MR) is 52.5 cm³/mol. The molecule has 0 fully saturated rings. The molecule has 0 rings (SSSR count). The molecule has 0 aromatic carbocycles. The van der Waals surface area contributed by atoms with Crippen molar-refractivity contribution in [2.75, 3.05) is 24.4 Å². The third kappa shape index (κ3) is 8.30. The molecule has 0 bridgehead atoms. The van der Waals surface area contributed by atoms with Crippen LogP contribution in [0.25, 0.3) is 0 Å². The number of halogens is 1. The smallest absolute Gasteiger partial charge is 0.147 e. The lowest BCUT2D eigenvalue weighted by Crippen LogP contribution is -2.29. The van der Waals surface area contributed by atoms with Crippen LogP contribution in [0, 0.1) is 0 Å². The first-order valence-electron chi connectivity index (χ1n) is 3.93. The number of nitrogens with one attached hydrogen (secondary N) is 1. The summed E-state index contributed by atoms with van der Waals surface area (Å²) in [4.78, 5) is 0. The number of sulfone groups is 1. The maximum absolute atomic E-state index is 10.7. The van der Waals surface area contributed by atoms with Gasteiger partial charge < -0.3 is 5.32 Å². The zero-order valence-electron chi connectivity index (χ0n) is 7.51. The molecular formula is C7H16ClNO2S. The summed E-state index contributed by atoms with van der Waals surface area (Å²) in [5, 5.41) is 3.11. The van der Waals surface area contributed by atoms with Gasteiger partial charge in [-0.15, -0.1) is 11.6 Å². The van der Waals surface area contributed by atoms with E-state index in [1.807, 2.05) is 6.92 Å². The average Bonchev–Trinajstić information content (AvgIpc) is 1.96. The Bertz CT molecular complexity index is 203. The highest BCUT2D eigenvalue weighted by atomic mass is 35.5. The van der Waals surface area contributed by atoms with Crippen molar-refractivity contribution in [3.63, 3.8) is 0 Å². The van der Waals surface area contributed by atoms with E-state index in [0.717, 1.165) is 0 Å². The first-order valence-corrected chi connectivity index (χ1v) is 6.52. The van der Waals surface area contributed by atoms with Crippen LogP contribution in [0.3, 0.4) is 0 Å². The number of alkyl halides is 1. The highest BCUT2D eigenvalue weighted by Crippen LogP contribution is 1.89. The number of hydrogen-bond acceptors (Lipinski definition) is 3. The topological polar surface area (TPSA) is 46.2 Å². The second-order valence-electron chi connectivity index (χ2n) is 2.99. The van der Waals surface area contributed by atoms with Crippen LogP contribution in [0.5, 0.6) is 0 Å². The van der Waals surface area contributed by atoms with E-state index in [4.69, 9.17) is 11.6 Å². The maximum Gasteiger partial charge on any atom is 0.147 e. The Labute approximate surface area is 79.4 Å². The molecule has 1 N–H and O–H groups in total. The summed E-state index contributed by atoms with van der Waals surface area (Å²) in [5.41, 5.74) is 0. The van der Waals surface area contributed by atoms with Crippen LogP contribution in [-0.4, -0.2) is 38.9 Å². The van der Waals surface area contributed by atoms with Gasteiger partial charge in [-0.25, -0.2) is 8.42 Å². The van der Waals surface area contributed by atoms with Crippen molar-refractivity contribution in [3.8, 4) is 0 Å². The molecule has 0 radical (unpaired) electrons. The van der Waals surface area contributed by atoms with E-state index in [1.54, 1.807) is 0 Å². The minimum Gasteiger partial charge on any atom is -0.313 e. The normalized spacial score (nSPS) is 14.6. The monoisotopic (exact) mass is 213 g/mol. The van der Waals surface area contributed by atoms with Gasteiger partial charge in [-0.3, -0.25) is 0 Å². The second kappa shape index (κ2) is 5.78. The zero-order valence-corrected chi connectivity index (χ0v) is 9.08. The minimum atomic E-state index is -2.80. The highest BCUT2D eigenvalue weighted by molar-refractivity contribution is 7.90. The van der Waals surface area contributed by atoms with E-state index in [9.17, 15) is 8.42 Å². The van der Waals surface area contributed by atoms with Gasteiger partial charge in [0.05, 0.1) is 5.75 Å². The minimum absolute atomic E-state index is 0.245. The fourth-order valence-electron chi connectivity index (χ4n) is 0.737. The standard InChI is InChI=1S/C7H16ClNO2S/c1-7(6-8)9-4-3-5-12(2,10)11/h7,9H,3-6H2,1-2H3. The SMILES string of the molecule is CC(CCl)NCCCS(C)(=O)=O. The summed E-state index contributed by atoms with van der Waals surface area (Å²) < 4.78 is 21.4. The van der Waals surface area contributed by atoms with Crippen molar-refractivity contribution in [3.05, 3.63) is 0 Å². The van der Waals surface area contributed by atoms with Crippen molar-refractivity contribution >= 4 is 21.4 Å². The summed E-state index contributed by atoms with van der Waals surface area (Å²) in [6.45, 7) is 2.68. The summed E-state index contributed by atoms with van der Waals surface area (Å²) in [5.74, 6) is 0.799. The molecule has 1 unspecified atom stereocenters. The Morgan fingerprint density at radius 1 is 1.50 bits per heavy atom. The lowest BCUT2D eigenvalue weighted by Gasteiger charge is -2.08. The van der Waals surface area contributed by atoms with Gasteiger partial charge in [0.2, 0.25) is 0 Å². The van der Waals surface area contributed by atoms with Crippen LogP contribution in [0.2, 0.25) is 0 Å². The highest BCUT2D eigenvalue weighted by Gasteiger charge is 2.02. The van der Waals surface area contributed by atoms with Crippen LogP contribution < -0.4 is 5.32 Å². The van der Waals surface area contributed by atoms with Gasteiger partial charge in [0.1, 0.15) is 9.84 Å². The molecule has 0 spiro atoms. The van der Waals surface area contributed by atoms with Crippen LogP contribution in [0.4, 0.5) is 0 Å². The van der Waals surface area contributed by atoms with E-state index in [2.05, 4.69) is 5.32 Å². The molecular weight excluding hydrogens is 198 g/mol. The molecule has 0 aliphatic rings. The molecule has 0 saturated heterocycles. The van der Waals surface area contributed by atoms with E-state index < -0.39 is 9.84 Å². The van der Waals surface area contributed by atoms with Gasteiger partial charge in [0, 0.05) is 18.2 Å². The molecule has 0 aromatic heterocycles. The number of hydrogen-bond donors (Lipinski definition) is 1. The van der Waals surface area contributed by atoms with Gasteiger partial charge in [-0.1, -0.05) is 0 Å². The molecule has 12 heavy (non-hydrogen) atoms. The Hall–Kier alpha value is 0.200. The molecule has 74 valence electrons. The van der Waals surface area contributed by atoms with Gasteiger partial charge in [0.25, 0.3) is 0 Å². The van der Waals surface area contributed by atoms with Crippen molar-refractivity contribution in [1.29, 1.82) is 0 Å². The van der Waals surface area contributed by atoms with Crippen molar-refractivity contribution in [2.45, 2.75) is 19.4 Å². The molecule has 0 saturated carbocycles. The molecule has 0 aliphatic carbocycles. The summed E-state index contributed by atoms with van der Waals surface area (Å²) in [6.07, 6.45) is 1.90. The number of rotatable bonds is 6. The van der Waals surface area contributed by atoms with Crippen LogP contribution in [0.1, 0.15) is 13.3 Å². The van der Waals surface area contributed by atoms with Gasteiger partial charge in [-0.05, 0) is 19.9 Å². The molecule has 0 aliphatic heterocycles. The summed E-state index contributed by atoms with van der Waals surface area (Å²) >= 11 is 5.54. The first-order chi connectivity index (χ1) is 5.45. The Morgan fingerprint density at radius 3 is 2.50 bits per heavy atom. The van der Waals surface area contributed by atoms with Crippen molar-refractivity contribution in [2.24, 2.45) is 0 Å². The molecule has 0 aromatic rings.